The topological polar surface area (TPSA) is 101 Å². The number of nitrogens with zero attached hydrogens (tertiary/aromatic N) is 1. The van der Waals surface area contributed by atoms with E-state index in [1.54, 1.807) is 36.4 Å². The van der Waals surface area contributed by atoms with Gasteiger partial charge in [0.15, 0.2) is 9.84 Å². The number of nitrogens with one attached hydrogen (secondary N) is 1. The van der Waals surface area contributed by atoms with Crippen molar-refractivity contribution in [1.29, 1.82) is 0 Å². The van der Waals surface area contributed by atoms with E-state index < -0.39 is 19.9 Å². The summed E-state index contributed by atoms with van der Waals surface area (Å²) in [5.41, 5.74) is 4.47. The highest BCUT2D eigenvalue weighted by atomic mass is 32.2. The zero-order chi connectivity index (χ0) is 26.7. The summed E-state index contributed by atoms with van der Waals surface area (Å²) in [6.07, 6.45) is 2.97. The first-order valence-electron chi connectivity index (χ1n) is 11.5. The molecule has 3 aromatic carbocycles. The van der Waals surface area contributed by atoms with Gasteiger partial charge in [0.25, 0.3) is 5.91 Å². The van der Waals surface area contributed by atoms with Gasteiger partial charge in [-0.3, -0.25) is 9.10 Å². The molecule has 0 saturated carbocycles. The van der Waals surface area contributed by atoms with Crippen LogP contribution in [0.5, 0.6) is 0 Å². The van der Waals surface area contributed by atoms with Gasteiger partial charge < -0.3 is 5.32 Å². The molecule has 0 bridgehead atoms. The quantitative estimate of drug-likeness (QED) is 0.439. The first kappa shape index (κ1) is 27.4. The third-order valence-electron chi connectivity index (χ3n) is 6.00. The molecule has 3 rings (SSSR count). The Bertz CT molecular complexity index is 1450. The molecule has 0 unspecified atom stereocenters. The van der Waals surface area contributed by atoms with Crippen LogP contribution in [0.15, 0.2) is 71.6 Å². The molecule has 0 aliphatic rings. The molecule has 1 N–H and O–H groups in total. The maximum Gasteiger partial charge on any atom is 0.251 e. The second kappa shape index (κ2) is 10.8. The Labute approximate surface area is 214 Å². The predicted molar refractivity (Wildman–Crippen MR) is 143 cm³/mol. The van der Waals surface area contributed by atoms with E-state index in [1.807, 2.05) is 39.0 Å². The Morgan fingerprint density at radius 3 is 2.03 bits per heavy atom. The molecule has 192 valence electrons. The molecule has 7 nitrogen and oxygen atoms in total. The van der Waals surface area contributed by atoms with E-state index >= 15 is 0 Å². The molecule has 0 aliphatic carbocycles. The number of anilines is 1. The van der Waals surface area contributed by atoms with Crippen molar-refractivity contribution in [3.05, 3.63) is 94.5 Å². The van der Waals surface area contributed by atoms with Gasteiger partial charge in [-0.25, -0.2) is 16.8 Å². The normalized spacial score (nSPS) is 12.7. The summed E-state index contributed by atoms with van der Waals surface area (Å²) in [6.45, 7) is 5.88. The van der Waals surface area contributed by atoms with Crippen molar-refractivity contribution >= 4 is 31.5 Å². The van der Waals surface area contributed by atoms with Crippen LogP contribution in [-0.2, 0) is 26.4 Å². The Morgan fingerprint density at radius 1 is 0.889 bits per heavy atom. The van der Waals surface area contributed by atoms with Crippen LogP contribution in [0.4, 0.5) is 5.69 Å². The maximum atomic E-state index is 12.9. The Hall–Kier alpha value is -3.17. The summed E-state index contributed by atoms with van der Waals surface area (Å²) in [5.74, 6) is -0.268. The molecule has 0 radical (unpaired) electrons. The molecule has 1 atom stereocenters. The average molecular weight is 529 g/mol. The van der Waals surface area contributed by atoms with Gasteiger partial charge in [0.2, 0.25) is 10.0 Å². The lowest BCUT2D eigenvalue weighted by Crippen LogP contribution is -2.30. The van der Waals surface area contributed by atoms with Gasteiger partial charge in [-0.2, -0.15) is 0 Å². The SMILES string of the molecule is CC[C@H](NC(=O)c1ccc(CN(c2cc(C)ccc2C)S(C)(=O)=O)cc1)c1ccc(S(C)(=O)=O)cc1. The standard InChI is InChI=1S/C27H32N2O5S2/c1-6-25(22-13-15-24(16-14-22)35(4,31)32)28-27(30)23-11-9-21(10-12-23)18-29(36(5,33)34)26-17-19(2)7-8-20(26)3/h7-17,25H,6,18H2,1-5H3,(H,28,30)/t25-/m0/s1. The number of benzene rings is 3. The molecule has 3 aromatic rings. The molecule has 9 heteroatoms. The van der Waals surface area contributed by atoms with E-state index in [1.165, 1.54) is 22.7 Å². The van der Waals surface area contributed by atoms with Gasteiger partial charge in [-0.1, -0.05) is 43.3 Å². The van der Waals surface area contributed by atoms with Crippen molar-refractivity contribution in [2.75, 3.05) is 16.8 Å². The minimum Gasteiger partial charge on any atom is -0.345 e. The van der Waals surface area contributed by atoms with Gasteiger partial charge >= 0.3 is 0 Å². The summed E-state index contributed by atoms with van der Waals surface area (Å²) in [5, 5.41) is 2.99. The van der Waals surface area contributed by atoms with Gasteiger partial charge in [0, 0.05) is 11.8 Å². The second-order valence-corrected chi connectivity index (χ2v) is 13.0. The summed E-state index contributed by atoms with van der Waals surface area (Å²) >= 11 is 0. The molecule has 0 fully saturated rings. The monoisotopic (exact) mass is 528 g/mol. The van der Waals surface area contributed by atoms with E-state index in [2.05, 4.69) is 5.32 Å². The molecule has 0 spiro atoms. The zero-order valence-corrected chi connectivity index (χ0v) is 22.8. The summed E-state index contributed by atoms with van der Waals surface area (Å²) < 4.78 is 49.9. The van der Waals surface area contributed by atoms with Crippen molar-refractivity contribution in [3.63, 3.8) is 0 Å². The van der Waals surface area contributed by atoms with Gasteiger partial charge in [0.1, 0.15) is 0 Å². The molecular weight excluding hydrogens is 496 g/mol. The number of hydrogen-bond acceptors (Lipinski definition) is 5. The molecule has 0 aromatic heterocycles. The Balaban J connectivity index is 1.76. The number of aryl methyl sites for hydroxylation is 2. The van der Waals surface area contributed by atoms with Crippen LogP contribution in [-0.4, -0.2) is 35.3 Å². The van der Waals surface area contributed by atoms with Gasteiger partial charge in [0.05, 0.1) is 29.4 Å². The van der Waals surface area contributed by atoms with Crippen LogP contribution in [0, 0.1) is 13.8 Å². The number of hydrogen-bond donors (Lipinski definition) is 1. The minimum absolute atomic E-state index is 0.148. The number of sulfone groups is 1. The first-order chi connectivity index (χ1) is 16.8. The second-order valence-electron chi connectivity index (χ2n) is 9.03. The van der Waals surface area contributed by atoms with Gasteiger partial charge in [-0.15, -0.1) is 0 Å². The van der Waals surface area contributed by atoms with Crippen LogP contribution in [0.3, 0.4) is 0 Å². The van der Waals surface area contributed by atoms with E-state index in [4.69, 9.17) is 0 Å². The smallest absolute Gasteiger partial charge is 0.251 e. The van der Waals surface area contributed by atoms with Crippen LogP contribution < -0.4 is 9.62 Å². The van der Waals surface area contributed by atoms with E-state index in [9.17, 15) is 21.6 Å². The summed E-state index contributed by atoms with van der Waals surface area (Å²) in [7, 11) is -6.82. The van der Waals surface area contributed by atoms with Crippen molar-refractivity contribution in [1.82, 2.24) is 5.32 Å². The fraction of sp³-hybridized carbons (Fsp3) is 0.296. The highest BCUT2D eigenvalue weighted by Crippen LogP contribution is 2.26. The number of carbonyl (C=O) groups is 1. The molecule has 0 saturated heterocycles. The van der Waals surface area contributed by atoms with Crippen LogP contribution in [0.25, 0.3) is 0 Å². The first-order valence-corrected chi connectivity index (χ1v) is 15.3. The van der Waals surface area contributed by atoms with Crippen molar-refractivity contribution in [2.24, 2.45) is 0 Å². The van der Waals surface area contributed by atoms with Crippen LogP contribution >= 0.6 is 0 Å². The summed E-state index contributed by atoms with van der Waals surface area (Å²) in [6, 6.07) is 18.8. The fourth-order valence-corrected chi connectivity index (χ4v) is 5.47. The molecule has 0 aliphatic heterocycles. The Morgan fingerprint density at radius 2 is 1.50 bits per heavy atom. The van der Waals surface area contributed by atoms with E-state index in [0.717, 1.165) is 28.5 Å². The minimum atomic E-state index is -3.53. The number of amides is 1. The lowest BCUT2D eigenvalue weighted by atomic mass is 10.0. The van der Waals surface area contributed by atoms with Crippen molar-refractivity contribution in [3.8, 4) is 0 Å². The number of rotatable bonds is 9. The van der Waals surface area contributed by atoms with Crippen LogP contribution in [0.1, 0.15) is 52.0 Å². The molecule has 0 heterocycles. The highest BCUT2D eigenvalue weighted by Gasteiger charge is 2.21. The zero-order valence-electron chi connectivity index (χ0n) is 21.1. The lowest BCUT2D eigenvalue weighted by Gasteiger charge is -2.25. The van der Waals surface area contributed by atoms with E-state index in [0.29, 0.717) is 17.7 Å². The Kier molecular flexibility index (Phi) is 8.26. The third kappa shape index (κ3) is 6.73. The highest BCUT2D eigenvalue weighted by molar-refractivity contribution is 7.92. The van der Waals surface area contributed by atoms with E-state index in [-0.39, 0.29) is 23.4 Å². The van der Waals surface area contributed by atoms with Crippen molar-refractivity contribution in [2.45, 2.75) is 44.7 Å². The number of sulfonamides is 1. The third-order valence-corrected chi connectivity index (χ3v) is 8.26. The average Bonchev–Trinajstić information content (AvgIpc) is 2.81. The largest absolute Gasteiger partial charge is 0.345 e. The van der Waals surface area contributed by atoms with Crippen molar-refractivity contribution < 1.29 is 21.6 Å². The lowest BCUT2D eigenvalue weighted by molar-refractivity contribution is 0.0935. The molecule has 36 heavy (non-hydrogen) atoms. The fourth-order valence-electron chi connectivity index (χ4n) is 3.91. The van der Waals surface area contributed by atoms with Gasteiger partial charge in [-0.05, 0) is 72.9 Å². The molecular formula is C27H32N2O5S2. The van der Waals surface area contributed by atoms with Crippen LogP contribution in [0.2, 0.25) is 0 Å². The maximum absolute atomic E-state index is 12.9. The summed E-state index contributed by atoms with van der Waals surface area (Å²) in [4.78, 5) is 13.1. The predicted octanol–water partition coefficient (Wildman–Crippen LogP) is 4.55. The molecule has 1 amide bonds. The number of carbonyl (C=O) groups excluding carboxylic acids is 1.